The van der Waals surface area contributed by atoms with Crippen LogP contribution in [0.4, 0.5) is 0 Å². The molecule has 1 unspecified atom stereocenters. The van der Waals surface area contributed by atoms with Gasteiger partial charge in [0.15, 0.2) is 6.23 Å². The van der Waals surface area contributed by atoms with E-state index in [9.17, 15) is 14.7 Å². The largest absolute Gasteiger partial charge is 0.371 e. The number of hydrogen-bond donors (Lipinski definition) is 1. The fourth-order valence-corrected chi connectivity index (χ4v) is 3.18. The average Bonchev–Trinajstić information content (AvgIpc) is 2.51. The second-order valence-electron chi connectivity index (χ2n) is 5.27. The predicted octanol–water partition coefficient (Wildman–Crippen LogP) is 1.85. The van der Waals surface area contributed by atoms with Crippen LogP contribution >= 0.6 is 11.6 Å². The van der Waals surface area contributed by atoms with Gasteiger partial charge in [-0.15, -0.1) is 0 Å². The monoisotopic (exact) mass is 314 g/mol. The van der Waals surface area contributed by atoms with Crippen LogP contribution < -0.4 is 11.1 Å². The molecule has 0 amide bonds. The number of aliphatic hydroxyl groups excluding tert-OH is 1. The van der Waals surface area contributed by atoms with Crippen molar-refractivity contribution in [2.45, 2.75) is 12.6 Å². The first kappa shape index (κ1) is 13.3. The van der Waals surface area contributed by atoms with Gasteiger partial charge in [-0.2, -0.15) is 0 Å². The molecule has 0 fully saturated rings. The second-order valence-corrected chi connectivity index (χ2v) is 5.71. The molecule has 5 nitrogen and oxygen atoms in total. The Bertz CT molecular complexity index is 1040. The van der Waals surface area contributed by atoms with Crippen molar-refractivity contribution in [2.24, 2.45) is 0 Å². The molecule has 1 aromatic heterocycles. The topological polar surface area (TPSA) is 64.2 Å². The molecule has 0 saturated heterocycles. The zero-order valence-corrected chi connectivity index (χ0v) is 12.1. The molecule has 0 spiro atoms. The minimum Gasteiger partial charge on any atom is -0.371 e. The van der Waals surface area contributed by atoms with Gasteiger partial charge in [0.05, 0.1) is 16.5 Å². The maximum absolute atomic E-state index is 12.8. The number of benzene rings is 2. The second kappa shape index (κ2) is 4.56. The highest BCUT2D eigenvalue weighted by atomic mass is 35.5. The van der Waals surface area contributed by atoms with Crippen LogP contribution in [0.1, 0.15) is 11.8 Å². The van der Waals surface area contributed by atoms with Crippen molar-refractivity contribution in [1.82, 2.24) is 9.36 Å². The van der Waals surface area contributed by atoms with Crippen LogP contribution in [0.5, 0.6) is 0 Å². The van der Waals surface area contributed by atoms with Crippen molar-refractivity contribution in [2.75, 3.05) is 0 Å². The maximum atomic E-state index is 12.8. The summed E-state index contributed by atoms with van der Waals surface area (Å²) in [6.07, 6.45) is -0.871. The normalized spacial score (nSPS) is 16.4. The first-order chi connectivity index (χ1) is 10.6. The standard InChI is InChI=1S/C16H11ClN2O3/c17-10-5-6-13-9(7-10)8-14(20)19-16(22)12-4-2-1-3-11(12)15(21)18(13)19/h1-7,14,20H,8H2. The van der Waals surface area contributed by atoms with Crippen LogP contribution in [0.15, 0.2) is 52.1 Å². The highest BCUT2D eigenvalue weighted by Gasteiger charge is 2.26. The van der Waals surface area contributed by atoms with E-state index in [2.05, 4.69) is 0 Å². The summed E-state index contributed by atoms with van der Waals surface area (Å²) < 4.78 is 2.35. The summed E-state index contributed by atoms with van der Waals surface area (Å²) in [6.45, 7) is 0. The molecule has 3 aromatic rings. The molecule has 1 aliphatic rings. The molecule has 1 N–H and O–H groups in total. The van der Waals surface area contributed by atoms with Gasteiger partial charge >= 0.3 is 0 Å². The van der Waals surface area contributed by atoms with Crippen molar-refractivity contribution < 1.29 is 5.11 Å². The van der Waals surface area contributed by atoms with E-state index in [0.29, 0.717) is 21.5 Å². The Hall–Kier alpha value is -2.37. The molecule has 2 aromatic carbocycles. The number of hydrogen-bond acceptors (Lipinski definition) is 3. The molecule has 1 aliphatic heterocycles. The first-order valence-electron chi connectivity index (χ1n) is 6.81. The van der Waals surface area contributed by atoms with Crippen LogP contribution in [0.3, 0.4) is 0 Å². The molecule has 0 bridgehead atoms. The third-order valence-corrected chi connectivity index (χ3v) is 4.19. The number of halogens is 1. The van der Waals surface area contributed by atoms with Gasteiger partial charge in [0.1, 0.15) is 0 Å². The number of nitrogens with zero attached hydrogens (tertiary/aromatic N) is 2. The van der Waals surface area contributed by atoms with E-state index in [0.717, 1.165) is 10.2 Å². The summed E-state index contributed by atoms with van der Waals surface area (Å²) in [5, 5.41) is 11.5. The molecule has 6 heteroatoms. The summed E-state index contributed by atoms with van der Waals surface area (Å²) in [4.78, 5) is 25.4. The molecule has 0 radical (unpaired) electrons. The molecule has 1 atom stereocenters. The van der Waals surface area contributed by atoms with E-state index in [1.165, 1.54) is 4.68 Å². The number of aliphatic hydroxyl groups is 1. The average molecular weight is 315 g/mol. The first-order valence-corrected chi connectivity index (χ1v) is 7.19. The van der Waals surface area contributed by atoms with Crippen molar-refractivity contribution in [1.29, 1.82) is 0 Å². The lowest BCUT2D eigenvalue weighted by Gasteiger charge is -2.28. The summed E-state index contributed by atoms with van der Waals surface area (Å²) in [5.74, 6) is 0. The Balaban J connectivity index is 2.23. The fourth-order valence-electron chi connectivity index (χ4n) is 2.98. The minimum absolute atomic E-state index is 0.230. The van der Waals surface area contributed by atoms with Crippen LogP contribution in [0, 0.1) is 0 Å². The lowest BCUT2D eigenvalue weighted by Crippen LogP contribution is -2.43. The SMILES string of the molecule is O=c1c2ccccc2c(=O)n2n1-c1ccc(Cl)cc1CC2O. The van der Waals surface area contributed by atoms with Gasteiger partial charge in [0.25, 0.3) is 11.1 Å². The highest BCUT2D eigenvalue weighted by Crippen LogP contribution is 2.26. The van der Waals surface area contributed by atoms with Gasteiger partial charge in [0.2, 0.25) is 0 Å². The molecule has 22 heavy (non-hydrogen) atoms. The highest BCUT2D eigenvalue weighted by molar-refractivity contribution is 6.30. The Morgan fingerprint density at radius 1 is 1.05 bits per heavy atom. The zero-order chi connectivity index (χ0) is 15.4. The minimum atomic E-state index is -1.10. The third kappa shape index (κ3) is 1.70. The third-order valence-electron chi connectivity index (χ3n) is 3.96. The van der Waals surface area contributed by atoms with E-state index in [4.69, 9.17) is 11.6 Å². The number of aromatic nitrogens is 2. The van der Waals surface area contributed by atoms with Crippen LogP contribution in [0.2, 0.25) is 5.02 Å². The predicted molar refractivity (Wildman–Crippen MR) is 83.8 cm³/mol. The lowest BCUT2D eigenvalue weighted by atomic mass is 10.1. The van der Waals surface area contributed by atoms with Gasteiger partial charge in [0, 0.05) is 11.4 Å². The molecule has 2 heterocycles. The van der Waals surface area contributed by atoms with E-state index >= 15 is 0 Å². The van der Waals surface area contributed by atoms with Crippen LogP contribution in [-0.2, 0) is 6.42 Å². The van der Waals surface area contributed by atoms with Crippen LogP contribution in [-0.4, -0.2) is 14.5 Å². The van der Waals surface area contributed by atoms with Crippen LogP contribution in [0.25, 0.3) is 16.5 Å². The lowest BCUT2D eigenvalue weighted by molar-refractivity contribution is 0.0705. The molecular formula is C16H11ClN2O3. The fraction of sp³-hybridized carbons (Fsp3) is 0.125. The summed E-state index contributed by atoms with van der Waals surface area (Å²) >= 11 is 5.98. The van der Waals surface area contributed by atoms with Crippen molar-refractivity contribution >= 4 is 22.4 Å². The Morgan fingerprint density at radius 3 is 2.45 bits per heavy atom. The van der Waals surface area contributed by atoms with Crippen molar-refractivity contribution in [3.8, 4) is 5.69 Å². The molecule has 4 rings (SSSR count). The van der Waals surface area contributed by atoms with E-state index in [-0.39, 0.29) is 17.5 Å². The zero-order valence-electron chi connectivity index (χ0n) is 11.4. The Labute approximate surface area is 129 Å². The van der Waals surface area contributed by atoms with E-state index in [1.54, 1.807) is 42.5 Å². The van der Waals surface area contributed by atoms with Gasteiger partial charge in [-0.25, -0.2) is 9.36 Å². The number of rotatable bonds is 0. The van der Waals surface area contributed by atoms with E-state index < -0.39 is 6.23 Å². The van der Waals surface area contributed by atoms with Gasteiger partial charge in [-0.05, 0) is 35.9 Å². The number of fused-ring (bicyclic) bond motifs is 4. The summed E-state index contributed by atoms with van der Waals surface area (Å²) in [6, 6.07) is 11.7. The smallest absolute Gasteiger partial charge is 0.278 e. The molecule has 110 valence electrons. The van der Waals surface area contributed by atoms with Gasteiger partial charge in [-0.3, -0.25) is 9.59 Å². The van der Waals surface area contributed by atoms with Crippen molar-refractivity contribution in [3.05, 3.63) is 73.8 Å². The molecular weight excluding hydrogens is 304 g/mol. The van der Waals surface area contributed by atoms with Crippen molar-refractivity contribution in [3.63, 3.8) is 0 Å². The molecule has 0 aliphatic carbocycles. The quantitative estimate of drug-likeness (QED) is 0.689. The maximum Gasteiger partial charge on any atom is 0.278 e. The molecule has 0 saturated carbocycles. The summed E-state index contributed by atoms with van der Waals surface area (Å²) in [7, 11) is 0. The van der Waals surface area contributed by atoms with Gasteiger partial charge in [-0.1, -0.05) is 23.7 Å². The van der Waals surface area contributed by atoms with Gasteiger partial charge < -0.3 is 5.11 Å². The Morgan fingerprint density at radius 2 is 1.73 bits per heavy atom. The summed E-state index contributed by atoms with van der Waals surface area (Å²) in [5.41, 5.74) is 0.583. The van der Waals surface area contributed by atoms with E-state index in [1.807, 2.05) is 0 Å². The Kier molecular flexibility index (Phi) is 2.76.